The summed E-state index contributed by atoms with van der Waals surface area (Å²) >= 11 is 11.7. The van der Waals surface area contributed by atoms with Crippen LogP contribution in [0.15, 0.2) is 30.1 Å². The number of allylic oxidation sites excluding steroid dienone is 1. The smallest absolute Gasteiger partial charge is 0.230 e. The summed E-state index contributed by atoms with van der Waals surface area (Å²) in [6, 6.07) is 5.25. The van der Waals surface area contributed by atoms with Gasteiger partial charge in [0.2, 0.25) is 5.71 Å². The number of nitrogens with two attached hydrogens (primary N) is 2. The van der Waals surface area contributed by atoms with Crippen molar-refractivity contribution in [3.8, 4) is 0 Å². The predicted octanol–water partition coefficient (Wildman–Crippen LogP) is 0.252. The molecular formula is C10H12Cl2N3+. The SMILES string of the molecule is C[NH+]=C(C(N)=CN)c1ccc(Cl)c(Cl)c1. The number of hydrogen-bond donors (Lipinski definition) is 3. The second kappa shape index (κ2) is 5.05. The zero-order chi connectivity index (χ0) is 11.4. The third-order valence-electron chi connectivity index (χ3n) is 1.93. The minimum Gasteiger partial charge on any atom is -0.403 e. The summed E-state index contributed by atoms with van der Waals surface area (Å²) in [6.07, 6.45) is 1.33. The van der Waals surface area contributed by atoms with Gasteiger partial charge in [0.15, 0.2) is 0 Å². The van der Waals surface area contributed by atoms with Gasteiger partial charge in [-0.15, -0.1) is 0 Å². The highest BCUT2D eigenvalue weighted by atomic mass is 35.5. The number of hydrogen-bond acceptors (Lipinski definition) is 2. The molecule has 0 heterocycles. The standard InChI is InChI=1S/C10H11Cl2N3/c1-15-10(9(14)5-13)6-2-3-7(11)8(12)4-6/h2-5H,13-14H2,1H3/p+1. The zero-order valence-electron chi connectivity index (χ0n) is 8.22. The molecule has 0 amide bonds. The molecule has 0 fully saturated rings. The number of halogens is 2. The van der Waals surface area contributed by atoms with Crippen LogP contribution in [0.3, 0.4) is 0 Å². The molecule has 5 heteroatoms. The van der Waals surface area contributed by atoms with Gasteiger partial charge in [-0.05, 0) is 18.2 Å². The average Bonchev–Trinajstić information content (AvgIpc) is 2.24. The summed E-state index contributed by atoms with van der Waals surface area (Å²) in [4.78, 5) is 2.96. The Morgan fingerprint density at radius 3 is 2.47 bits per heavy atom. The third-order valence-corrected chi connectivity index (χ3v) is 2.67. The van der Waals surface area contributed by atoms with Gasteiger partial charge in [-0.1, -0.05) is 23.2 Å². The number of nitrogens with one attached hydrogen (secondary N) is 1. The molecule has 0 spiro atoms. The summed E-state index contributed by atoms with van der Waals surface area (Å²) in [5.74, 6) is 0. The van der Waals surface area contributed by atoms with Gasteiger partial charge in [0.05, 0.1) is 10.0 Å². The van der Waals surface area contributed by atoms with Crippen molar-refractivity contribution in [2.45, 2.75) is 0 Å². The largest absolute Gasteiger partial charge is 0.403 e. The summed E-state index contributed by atoms with van der Waals surface area (Å²) in [6.45, 7) is 0. The molecule has 0 bridgehead atoms. The Morgan fingerprint density at radius 1 is 1.33 bits per heavy atom. The van der Waals surface area contributed by atoms with Crippen LogP contribution >= 0.6 is 23.2 Å². The van der Waals surface area contributed by atoms with Crippen LogP contribution in [0, 0.1) is 0 Å². The molecular weight excluding hydrogens is 233 g/mol. The maximum atomic E-state index is 5.90. The lowest BCUT2D eigenvalue weighted by atomic mass is 10.1. The van der Waals surface area contributed by atoms with E-state index in [4.69, 9.17) is 34.7 Å². The van der Waals surface area contributed by atoms with Crippen LogP contribution in [0.2, 0.25) is 10.0 Å². The average molecular weight is 245 g/mol. The molecule has 1 aromatic rings. The number of rotatable bonds is 2. The molecule has 15 heavy (non-hydrogen) atoms. The minimum atomic E-state index is 0.455. The molecule has 1 aromatic carbocycles. The maximum absolute atomic E-state index is 5.90. The first-order valence-corrected chi connectivity index (χ1v) is 5.03. The topological polar surface area (TPSA) is 66.0 Å². The van der Waals surface area contributed by atoms with Crippen molar-refractivity contribution in [1.29, 1.82) is 0 Å². The molecule has 0 aliphatic carbocycles. The molecule has 5 N–H and O–H groups in total. The molecule has 0 aromatic heterocycles. The fourth-order valence-corrected chi connectivity index (χ4v) is 1.49. The van der Waals surface area contributed by atoms with Gasteiger partial charge >= 0.3 is 0 Å². The van der Waals surface area contributed by atoms with E-state index in [0.29, 0.717) is 15.7 Å². The van der Waals surface area contributed by atoms with Crippen LogP contribution < -0.4 is 16.5 Å². The molecule has 3 nitrogen and oxygen atoms in total. The Labute approximate surface area is 98.4 Å². The van der Waals surface area contributed by atoms with Gasteiger partial charge < -0.3 is 11.5 Å². The van der Waals surface area contributed by atoms with E-state index in [2.05, 4.69) is 4.99 Å². The van der Waals surface area contributed by atoms with Gasteiger partial charge in [-0.3, -0.25) is 0 Å². The normalized spacial score (nSPS) is 13.0. The van der Waals surface area contributed by atoms with Crippen molar-refractivity contribution in [2.75, 3.05) is 7.05 Å². The lowest BCUT2D eigenvalue weighted by Gasteiger charge is -2.02. The van der Waals surface area contributed by atoms with E-state index in [1.807, 2.05) is 6.07 Å². The van der Waals surface area contributed by atoms with E-state index in [9.17, 15) is 0 Å². The summed E-state index contributed by atoms with van der Waals surface area (Å²) in [5, 5.41) is 0.984. The van der Waals surface area contributed by atoms with E-state index in [-0.39, 0.29) is 0 Å². The van der Waals surface area contributed by atoms with E-state index < -0.39 is 0 Å². The Bertz CT molecular complexity index is 425. The second-order valence-corrected chi connectivity index (χ2v) is 3.69. The van der Waals surface area contributed by atoms with Crippen molar-refractivity contribution in [2.24, 2.45) is 11.5 Å². The van der Waals surface area contributed by atoms with E-state index >= 15 is 0 Å². The fraction of sp³-hybridized carbons (Fsp3) is 0.100. The van der Waals surface area contributed by atoms with Gasteiger partial charge in [-0.25, -0.2) is 4.99 Å². The third kappa shape index (κ3) is 2.64. The molecule has 0 aliphatic heterocycles. The first-order chi connectivity index (χ1) is 7.10. The molecule has 1 rings (SSSR count). The lowest BCUT2D eigenvalue weighted by molar-refractivity contribution is -0.418. The highest BCUT2D eigenvalue weighted by Crippen LogP contribution is 2.22. The monoisotopic (exact) mass is 244 g/mol. The molecule has 80 valence electrons. The van der Waals surface area contributed by atoms with Crippen molar-refractivity contribution < 1.29 is 4.99 Å². The van der Waals surface area contributed by atoms with Gasteiger partial charge in [-0.2, -0.15) is 0 Å². The van der Waals surface area contributed by atoms with Crippen molar-refractivity contribution >= 4 is 28.9 Å². The summed E-state index contributed by atoms with van der Waals surface area (Å²) in [7, 11) is 1.76. The lowest BCUT2D eigenvalue weighted by Crippen LogP contribution is -2.69. The Kier molecular flexibility index (Phi) is 4.00. The van der Waals surface area contributed by atoms with Crippen LogP contribution in [0.1, 0.15) is 5.56 Å². The zero-order valence-corrected chi connectivity index (χ0v) is 9.73. The van der Waals surface area contributed by atoms with Gasteiger partial charge in [0.25, 0.3) is 0 Å². The Morgan fingerprint density at radius 2 is 2.00 bits per heavy atom. The summed E-state index contributed by atoms with van der Waals surface area (Å²) in [5.41, 5.74) is 13.1. The molecule has 0 atom stereocenters. The van der Waals surface area contributed by atoms with E-state index in [0.717, 1.165) is 11.3 Å². The highest BCUT2D eigenvalue weighted by molar-refractivity contribution is 6.42. The van der Waals surface area contributed by atoms with Crippen LogP contribution in [0.4, 0.5) is 0 Å². The first kappa shape index (κ1) is 11.9. The molecule has 0 radical (unpaired) electrons. The molecule has 0 saturated carbocycles. The minimum absolute atomic E-state index is 0.455. The molecule has 0 unspecified atom stereocenters. The van der Waals surface area contributed by atoms with Crippen LogP contribution in [-0.2, 0) is 0 Å². The van der Waals surface area contributed by atoms with Crippen molar-refractivity contribution in [1.82, 2.24) is 0 Å². The first-order valence-electron chi connectivity index (χ1n) is 4.28. The Balaban J connectivity index is 3.21. The van der Waals surface area contributed by atoms with Crippen molar-refractivity contribution in [3.63, 3.8) is 0 Å². The van der Waals surface area contributed by atoms with E-state index in [1.54, 1.807) is 19.2 Å². The van der Waals surface area contributed by atoms with Gasteiger partial charge in [0.1, 0.15) is 12.7 Å². The Hall–Kier alpha value is -1.19. The maximum Gasteiger partial charge on any atom is 0.230 e. The predicted molar refractivity (Wildman–Crippen MR) is 63.9 cm³/mol. The van der Waals surface area contributed by atoms with Crippen LogP contribution in [0.5, 0.6) is 0 Å². The van der Waals surface area contributed by atoms with Crippen molar-refractivity contribution in [3.05, 3.63) is 45.7 Å². The molecule has 0 aliphatic rings. The highest BCUT2D eigenvalue weighted by Gasteiger charge is 2.13. The number of benzene rings is 1. The van der Waals surface area contributed by atoms with Crippen LogP contribution in [-0.4, -0.2) is 12.8 Å². The quantitative estimate of drug-likeness (QED) is 0.654. The molecule has 0 saturated heterocycles. The second-order valence-electron chi connectivity index (χ2n) is 2.88. The van der Waals surface area contributed by atoms with Gasteiger partial charge in [0, 0.05) is 11.8 Å². The summed E-state index contributed by atoms with van der Waals surface area (Å²) < 4.78 is 0. The van der Waals surface area contributed by atoms with Crippen LogP contribution in [0.25, 0.3) is 0 Å². The fourth-order valence-electron chi connectivity index (χ4n) is 1.19. The van der Waals surface area contributed by atoms with E-state index in [1.165, 1.54) is 6.20 Å².